The maximum absolute atomic E-state index is 12.2. The van der Waals surface area contributed by atoms with Crippen molar-refractivity contribution in [3.63, 3.8) is 0 Å². The number of amides is 2. The first-order valence-electron chi connectivity index (χ1n) is 8.37. The summed E-state index contributed by atoms with van der Waals surface area (Å²) in [4.78, 5) is 28.1. The van der Waals surface area contributed by atoms with E-state index in [1.807, 2.05) is 9.80 Å². The molecule has 2 N–H and O–H groups in total. The molecule has 0 aromatic carbocycles. The Morgan fingerprint density at radius 1 is 1.10 bits per heavy atom. The lowest BCUT2D eigenvalue weighted by atomic mass is 9.97. The minimum absolute atomic E-state index is 0.115. The van der Waals surface area contributed by atoms with Gasteiger partial charge in [0.1, 0.15) is 0 Å². The Balaban J connectivity index is 2.33. The second-order valence-electron chi connectivity index (χ2n) is 5.94. The van der Waals surface area contributed by atoms with Gasteiger partial charge in [0, 0.05) is 39.0 Å². The molecule has 0 saturated carbocycles. The van der Waals surface area contributed by atoms with Gasteiger partial charge in [-0.25, -0.2) is 0 Å². The Morgan fingerprint density at radius 2 is 1.67 bits per heavy atom. The summed E-state index contributed by atoms with van der Waals surface area (Å²) in [6.45, 7) is 8.03. The van der Waals surface area contributed by atoms with Crippen LogP contribution in [0, 0.1) is 5.92 Å². The summed E-state index contributed by atoms with van der Waals surface area (Å²) in [5.74, 6) is 0.788. The zero-order valence-corrected chi connectivity index (χ0v) is 13.6. The van der Waals surface area contributed by atoms with Crippen molar-refractivity contribution in [3.8, 4) is 0 Å². The Bertz CT molecular complexity index is 319. The van der Waals surface area contributed by atoms with Gasteiger partial charge in [-0.1, -0.05) is 13.8 Å². The Kier molecular flexibility index (Phi) is 8.35. The highest BCUT2D eigenvalue weighted by Gasteiger charge is 2.22. The van der Waals surface area contributed by atoms with Gasteiger partial charge in [-0.15, -0.1) is 0 Å². The zero-order chi connectivity index (χ0) is 15.7. The average Bonchev–Trinajstić information content (AvgIpc) is 2.52. The fraction of sp³-hybridized carbons (Fsp3) is 0.875. The molecule has 0 atom stereocenters. The van der Waals surface area contributed by atoms with Gasteiger partial charge in [0.2, 0.25) is 11.8 Å². The summed E-state index contributed by atoms with van der Waals surface area (Å²) in [5, 5.41) is 0. The second kappa shape index (κ2) is 9.77. The first kappa shape index (κ1) is 18.0. The van der Waals surface area contributed by atoms with Crippen LogP contribution in [0.25, 0.3) is 0 Å². The standard InChI is InChI=1S/C16H31N3O2/c1-3-9-18(10-4-2)15(20)5-6-16(21)19-11-7-14(13-17)8-12-19/h14H,3-13,17H2,1-2H3. The molecule has 5 nitrogen and oxygen atoms in total. The SMILES string of the molecule is CCCN(CCC)C(=O)CCC(=O)N1CCC(CN)CC1. The van der Waals surface area contributed by atoms with Crippen molar-refractivity contribution in [2.24, 2.45) is 11.7 Å². The largest absolute Gasteiger partial charge is 0.343 e. The van der Waals surface area contributed by atoms with E-state index in [0.29, 0.717) is 25.3 Å². The lowest BCUT2D eigenvalue weighted by molar-refractivity contribution is -0.137. The summed E-state index contributed by atoms with van der Waals surface area (Å²) < 4.78 is 0. The van der Waals surface area contributed by atoms with Crippen molar-refractivity contribution in [1.29, 1.82) is 0 Å². The molecule has 0 unspecified atom stereocenters. The molecule has 0 aliphatic carbocycles. The third kappa shape index (κ3) is 6.04. The van der Waals surface area contributed by atoms with E-state index in [0.717, 1.165) is 51.9 Å². The summed E-state index contributed by atoms with van der Waals surface area (Å²) >= 11 is 0. The van der Waals surface area contributed by atoms with Gasteiger partial charge in [0.25, 0.3) is 0 Å². The molecule has 1 rings (SSSR count). The highest BCUT2D eigenvalue weighted by molar-refractivity contribution is 5.83. The number of nitrogens with two attached hydrogens (primary N) is 1. The molecule has 1 aliphatic heterocycles. The van der Waals surface area contributed by atoms with Crippen molar-refractivity contribution in [2.45, 2.75) is 52.4 Å². The van der Waals surface area contributed by atoms with Crippen molar-refractivity contribution < 1.29 is 9.59 Å². The quantitative estimate of drug-likeness (QED) is 0.740. The van der Waals surface area contributed by atoms with E-state index in [1.54, 1.807) is 0 Å². The first-order chi connectivity index (χ1) is 10.1. The minimum atomic E-state index is 0.115. The smallest absolute Gasteiger partial charge is 0.223 e. The summed E-state index contributed by atoms with van der Waals surface area (Å²) in [7, 11) is 0. The van der Waals surface area contributed by atoms with Gasteiger partial charge in [0.15, 0.2) is 0 Å². The third-order valence-electron chi connectivity index (χ3n) is 4.19. The molecule has 0 aromatic heterocycles. The molecule has 122 valence electrons. The van der Waals surface area contributed by atoms with Crippen LogP contribution < -0.4 is 5.73 Å². The fourth-order valence-corrected chi connectivity index (χ4v) is 2.85. The monoisotopic (exact) mass is 297 g/mol. The zero-order valence-electron chi connectivity index (χ0n) is 13.6. The summed E-state index contributed by atoms with van der Waals surface area (Å²) in [5.41, 5.74) is 5.66. The molecule has 1 heterocycles. The van der Waals surface area contributed by atoms with Gasteiger partial charge >= 0.3 is 0 Å². The summed E-state index contributed by atoms with van der Waals surface area (Å²) in [6, 6.07) is 0. The number of hydrogen-bond donors (Lipinski definition) is 1. The Morgan fingerprint density at radius 3 is 2.14 bits per heavy atom. The number of likely N-dealkylation sites (tertiary alicyclic amines) is 1. The number of piperidine rings is 1. The number of nitrogens with zero attached hydrogens (tertiary/aromatic N) is 2. The molecule has 0 radical (unpaired) electrons. The normalized spacial score (nSPS) is 16.0. The van der Waals surface area contributed by atoms with Gasteiger partial charge in [-0.2, -0.15) is 0 Å². The highest BCUT2D eigenvalue weighted by atomic mass is 16.2. The van der Waals surface area contributed by atoms with E-state index in [4.69, 9.17) is 5.73 Å². The van der Waals surface area contributed by atoms with Gasteiger partial charge in [0.05, 0.1) is 0 Å². The maximum Gasteiger partial charge on any atom is 0.223 e. The van der Waals surface area contributed by atoms with E-state index in [9.17, 15) is 9.59 Å². The lowest BCUT2D eigenvalue weighted by Crippen LogP contribution is -2.40. The van der Waals surface area contributed by atoms with E-state index >= 15 is 0 Å². The molecule has 0 spiro atoms. The van der Waals surface area contributed by atoms with E-state index < -0.39 is 0 Å². The predicted octanol–water partition coefficient (Wildman–Crippen LogP) is 1.61. The topological polar surface area (TPSA) is 66.6 Å². The van der Waals surface area contributed by atoms with Crippen LogP contribution >= 0.6 is 0 Å². The van der Waals surface area contributed by atoms with E-state index in [2.05, 4.69) is 13.8 Å². The molecule has 1 fully saturated rings. The van der Waals surface area contributed by atoms with Crippen molar-refractivity contribution in [2.75, 3.05) is 32.7 Å². The highest BCUT2D eigenvalue weighted by Crippen LogP contribution is 2.17. The van der Waals surface area contributed by atoms with Gasteiger partial charge < -0.3 is 15.5 Å². The molecule has 1 saturated heterocycles. The van der Waals surface area contributed by atoms with Crippen molar-refractivity contribution >= 4 is 11.8 Å². The maximum atomic E-state index is 12.2. The molecule has 1 aliphatic rings. The van der Waals surface area contributed by atoms with Crippen LogP contribution in [0.5, 0.6) is 0 Å². The van der Waals surface area contributed by atoms with Crippen molar-refractivity contribution in [3.05, 3.63) is 0 Å². The van der Waals surface area contributed by atoms with E-state index in [1.165, 1.54) is 0 Å². The predicted molar refractivity (Wildman–Crippen MR) is 84.8 cm³/mol. The summed E-state index contributed by atoms with van der Waals surface area (Å²) in [6.07, 6.45) is 4.60. The van der Waals surface area contributed by atoms with Crippen LogP contribution in [-0.4, -0.2) is 54.3 Å². The van der Waals surface area contributed by atoms with Crippen molar-refractivity contribution in [1.82, 2.24) is 9.80 Å². The molecule has 2 amide bonds. The molecular weight excluding hydrogens is 266 g/mol. The van der Waals surface area contributed by atoms with Crippen LogP contribution in [0.3, 0.4) is 0 Å². The van der Waals surface area contributed by atoms with Crippen LogP contribution in [0.2, 0.25) is 0 Å². The van der Waals surface area contributed by atoms with Gasteiger partial charge in [-0.05, 0) is 38.1 Å². The Labute approximate surface area is 128 Å². The number of carbonyl (C=O) groups excluding carboxylic acids is 2. The second-order valence-corrected chi connectivity index (χ2v) is 5.94. The number of carbonyl (C=O) groups is 2. The van der Waals surface area contributed by atoms with Crippen LogP contribution in [-0.2, 0) is 9.59 Å². The molecule has 0 aromatic rings. The average molecular weight is 297 g/mol. The lowest BCUT2D eigenvalue weighted by Gasteiger charge is -2.31. The molecule has 0 bridgehead atoms. The number of hydrogen-bond acceptors (Lipinski definition) is 3. The Hall–Kier alpha value is -1.10. The van der Waals surface area contributed by atoms with Crippen LogP contribution in [0.1, 0.15) is 52.4 Å². The first-order valence-corrected chi connectivity index (χ1v) is 8.37. The van der Waals surface area contributed by atoms with Crippen LogP contribution in [0.4, 0.5) is 0 Å². The molecule has 21 heavy (non-hydrogen) atoms. The van der Waals surface area contributed by atoms with E-state index in [-0.39, 0.29) is 11.8 Å². The minimum Gasteiger partial charge on any atom is -0.343 e. The van der Waals surface area contributed by atoms with Crippen LogP contribution in [0.15, 0.2) is 0 Å². The molecule has 5 heteroatoms. The molecular formula is C16H31N3O2. The number of rotatable bonds is 8. The third-order valence-corrected chi connectivity index (χ3v) is 4.19. The fourth-order valence-electron chi connectivity index (χ4n) is 2.85. The van der Waals surface area contributed by atoms with Gasteiger partial charge in [-0.3, -0.25) is 9.59 Å².